The predicted molar refractivity (Wildman–Crippen MR) is 134 cm³/mol. The fourth-order valence-electron chi connectivity index (χ4n) is 4.76. The van der Waals surface area contributed by atoms with E-state index in [1.165, 1.54) is 18.4 Å². The Labute approximate surface area is 196 Å². The minimum Gasteiger partial charge on any atom is -0.380 e. The topological polar surface area (TPSA) is 109 Å². The summed E-state index contributed by atoms with van der Waals surface area (Å²) in [5.41, 5.74) is 10.1. The van der Waals surface area contributed by atoms with E-state index >= 15 is 0 Å². The molecule has 178 valence electrons. The number of nitrogen functional groups attached to an aromatic ring is 1. The van der Waals surface area contributed by atoms with Gasteiger partial charge in [0.1, 0.15) is 5.82 Å². The molecule has 1 aliphatic heterocycles. The van der Waals surface area contributed by atoms with Crippen molar-refractivity contribution in [1.82, 2.24) is 29.9 Å². The van der Waals surface area contributed by atoms with Crippen LogP contribution in [0.2, 0.25) is 0 Å². The van der Waals surface area contributed by atoms with Crippen molar-refractivity contribution in [2.24, 2.45) is 5.92 Å². The number of nitrogens with one attached hydrogen (secondary N) is 2. The number of imidazole rings is 1. The highest BCUT2D eigenvalue weighted by molar-refractivity contribution is 5.61. The van der Waals surface area contributed by atoms with Crippen LogP contribution >= 0.6 is 0 Å². The lowest BCUT2D eigenvalue weighted by molar-refractivity contribution is 0.392. The SMILES string of the molecule is CCC[C@H](C)Nc1nc(N)c2ncc(Cc3cnc(N4CCC(CNC)CC4)c(C)c3)n2n1. The van der Waals surface area contributed by atoms with Crippen molar-refractivity contribution in [3.05, 3.63) is 35.3 Å². The van der Waals surface area contributed by atoms with Crippen molar-refractivity contribution in [1.29, 1.82) is 0 Å². The fraction of sp³-hybridized carbons (Fsp3) is 0.583. The first-order valence-electron chi connectivity index (χ1n) is 12.1. The van der Waals surface area contributed by atoms with E-state index in [4.69, 9.17) is 10.7 Å². The predicted octanol–water partition coefficient (Wildman–Crippen LogP) is 3.04. The number of anilines is 3. The highest BCUT2D eigenvalue weighted by atomic mass is 15.3. The Balaban J connectivity index is 1.50. The molecule has 4 rings (SSSR count). The summed E-state index contributed by atoms with van der Waals surface area (Å²) in [5.74, 6) is 2.78. The second-order valence-corrected chi connectivity index (χ2v) is 9.29. The Morgan fingerprint density at radius 1 is 1.21 bits per heavy atom. The number of nitrogens with zero attached hydrogens (tertiary/aromatic N) is 6. The molecule has 0 spiro atoms. The molecule has 9 nitrogen and oxygen atoms in total. The van der Waals surface area contributed by atoms with Crippen LogP contribution in [0.4, 0.5) is 17.6 Å². The zero-order chi connectivity index (χ0) is 23.4. The summed E-state index contributed by atoms with van der Waals surface area (Å²) in [5, 5.41) is 11.3. The van der Waals surface area contributed by atoms with Gasteiger partial charge in [-0.15, -0.1) is 5.10 Å². The van der Waals surface area contributed by atoms with Gasteiger partial charge in [-0.3, -0.25) is 0 Å². The van der Waals surface area contributed by atoms with E-state index < -0.39 is 0 Å². The minimum absolute atomic E-state index is 0.279. The molecule has 0 unspecified atom stereocenters. The largest absolute Gasteiger partial charge is 0.380 e. The van der Waals surface area contributed by atoms with Crippen LogP contribution in [0.5, 0.6) is 0 Å². The number of pyridine rings is 1. The molecule has 0 aliphatic carbocycles. The van der Waals surface area contributed by atoms with Crippen LogP contribution in [0.25, 0.3) is 5.65 Å². The average Bonchev–Trinajstić information content (AvgIpc) is 3.18. The van der Waals surface area contributed by atoms with E-state index in [-0.39, 0.29) is 6.04 Å². The highest BCUT2D eigenvalue weighted by Gasteiger charge is 2.21. The van der Waals surface area contributed by atoms with Gasteiger partial charge in [-0.1, -0.05) is 19.4 Å². The summed E-state index contributed by atoms with van der Waals surface area (Å²) >= 11 is 0. The van der Waals surface area contributed by atoms with Crippen molar-refractivity contribution >= 4 is 23.2 Å². The molecule has 33 heavy (non-hydrogen) atoms. The third-order valence-electron chi connectivity index (χ3n) is 6.46. The molecule has 1 aliphatic rings. The normalized spacial score (nSPS) is 15.8. The van der Waals surface area contributed by atoms with E-state index in [1.807, 2.05) is 19.4 Å². The molecule has 0 aromatic carbocycles. The summed E-state index contributed by atoms with van der Waals surface area (Å²) in [4.78, 5) is 16.1. The van der Waals surface area contributed by atoms with Crippen LogP contribution in [0.3, 0.4) is 0 Å². The maximum Gasteiger partial charge on any atom is 0.243 e. The summed E-state index contributed by atoms with van der Waals surface area (Å²) in [6, 6.07) is 2.51. The van der Waals surface area contributed by atoms with Gasteiger partial charge in [0.25, 0.3) is 0 Å². The van der Waals surface area contributed by atoms with Crippen LogP contribution in [0.1, 0.15) is 56.4 Å². The van der Waals surface area contributed by atoms with Gasteiger partial charge in [0.05, 0.1) is 11.9 Å². The van der Waals surface area contributed by atoms with Crippen LogP contribution in [-0.2, 0) is 6.42 Å². The lowest BCUT2D eigenvalue weighted by Gasteiger charge is -2.33. The number of hydrogen-bond acceptors (Lipinski definition) is 8. The van der Waals surface area contributed by atoms with Gasteiger partial charge < -0.3 is 21.3 Å². The van der Waals surface area contributed by atoms with E-state index in [1.54, 1.807) is 4.52 Å². The van der Waals surface area contributed by atoms with Crippen molar-refractivity contribution in [3.8, 4) is 0 Å². The van der Waals surface area contributed by atoms with Gasteiger partial charge in [0.15, 0.2) is 11.5 Å². The van der Waals surface area contributed by atoms with E-state index in [0.29, 0.717) is 23.8 Å². The Morgan fingerprint density at radius 2 is 2.00 bits per heavy atom. The summed E-state index contributed by atoms with van der Waals surface area (Å²) in [7, 11) is 2.03. The number of rotatable bonds is 9. The van der Waals surface area contributed by atoms with Gasteiger partial charge >= 0.3 is 0 Å². The van der Waals surface area contributed by atoms with Crippen LogP contribution < -0.4 is 21.3 Å². The van der Waals surface area contributed by atoms with Crippen LogP contribution in [-0.4, -0.2) is 57.3 Å². The van der Waals surface area contributed by atoms with E-state index in [0.717, 1.165) is 55.5 Å². The van der Waals surface area contributed by atoms with Crippen LogP contribution in [0.15, 0.2) is 18.5 Å². The third kappa shape index (κ3) is 5.35. The first kappa shape index (κ1) is 23.2. The zero-order valence-corrected chi connectivity index (χ0v) is 20.3. The molecule has 0 saturated carbocycles. The van der Waals surface area contributed by atoms with Gasteiger partial charge in [0, 0.05) is 31.7 Å². The number of piperidine rings is 1. The van der Waals surface area contributed by atoms with Gasteiger partial charge in [-0.25, -0.2) is 14.5 Å². The third-order valence-corrected chi connectivity index (χ3v) is 6.46. The maximum atomic E-state index is 6.17. The van der Waals surface area contributed by atoms with Crippen molar-refractivity contribution in [2.45, 2.75) is 58.9 Å². The summed E-state index contributed by atoms with van der Waals surface area (Å²) < 4.78 is 1.80. The second kappa shape index (κ2) is 10.3. The molecule has 0 radical (unpaired) electrons. The molecule has 0 amide bonds. The smallest absolute Gasteiger partial charge is 0.243 e. The Hall–Kier alpha value is -2.94. The Bertz CT molecular complexity index is 1070. The molecular formula is C24H37N9. The van der Waals surface area contributed by atoms with E-state index in [9.17, 15) is 0 Å². The number of aryl methyl sites for hydroxylation is 1. The lowest BCUT2D eigenvalue weighted by atomic mass is 9.96. The molecule has 9 heteroatoms. The standard InChI is InChI=1S/C24H37N9/c1-5-6-17(3)29-24-30-21(25)23-28-15-20(33(23)31-24)12-19-11-16(2)22(27-14-19)32-9-7-18(8-10-32)13-26-4/h11,14-15,17-18,26H,5-10,12-13H2,1-4H3,(H3,25,29,30,31)/t17-/m0/s1. The number of aromatic nitrogens is 5. The minimum atomic E-state index is 0.279. The maximum absolute atomic E-state index is 6.17. The second-order valence-electron chi connectivity index (χ2n) is 9.29. The summed E-state index contributed by atoms with van der Waals surface area (Å²) in [6.07, 6.45) is 9.05. The van der Waals surface area contributed by atoms with E-state index in [2.05, 4.69) is 57.4 Å². The lowest BCUT2D eigenvalue weighted by Crippen LogP contribution is -2.37. The first-order chi connectivity index (χ1) is 16.0. The molecular weight excluding hydrogens is 414 g/mol. The number of hydrogen-bond donors (Lipinski definition) is 3. The first-order valence-corrected chi connectivity index (χ1v) is 12.1. The Morgan fingerprint density at radius 3 is 2.70 bits per heavy atom. The van der Waals surface area contributed by atoms with Crippen LogP contribution in [0, 0.1) is 12.8 Å². The molecule has 4 N–H and O–H groups in total. The summed E-state index contributed by atoms with van der Waals surface area (Å²) in [6.45, 7) is 9.67. The molecule has 1 fully saturated rings. The molecule has 3 aromatic rings. The quantitative estimate of drug-likeness (QED) is 0.455. The molecule has 3 aromatic heterocycles. The highest BCUT2D eigenvalue weighted by Crippen LogP contribution is 2.25. The van der Waals surface area contributed by atoms with Gasteiger partial charge in [0.2, 0.25) is 5.95 Å². The van der Waals surface area contributed by atoms with Crippen molar-refractivity contribution < 1.29 is 0 Å². The zero-order valence-electron chi connectivity index (χ0n) is 20.3. The molecule has 0 bridgehead atoms. The molecule has 1 atom stereocenters. The fourth-order valence-corrected chi connectivity index (χ4v) is 4.76. The van der Waals surface area contributed by atoms with Crippen molar-refractivity contribution in [2.75, 3.05) is 42.6 Å². The molecule has 1 saturated heterocycles. The van der Waals surface area contributed by atoms with Crippen molar-refractivity contribution in [3.63, 3.8) is 0 Å². The molecule has 4 heterocycles. The average molecular weight is 452 g/mol. The Kier molecular flexibility index (Phi) is 7.27. The number of fused-ring (bicyclic) bond motifs is 1. The number of nitrogens with two attached hydrogens (primary N) is 1. The van der Waals surface area contributed by atoms with Gasteiger partial charge in [-0.05, 0) is 63.7 Å². The van der Waals surface area contributed by atoms with Gasteiger partial charge in [-0.2, -0.15) is 4.98 Å². The monoisotopic (exact) mass is 451 g/mol.